The molecule has 4 nitrogen and oxygen atoms in total. The number of Topliss-reactive ketones (excluding diaryl/α,β-unsaturated/α-hetero) is 1. The molecule has 0 fully saturated rings. The van der Waals surface area contributed by atoms with Crippen LogP contribution in [0.5, 0.6) is 11.5 Å². The molecule has 1 heterocycles. The number of carbonyl (C=O) groups is 1. The molecule has 0 aromatic heterocycles. The molecular formula is C17H20O4. The highest BCUT2D eigenvalue weighted by molar-refractivity contribution is 6.06. The summed E-state index contributed by atoms with van der Waals surface area (Å²) in [5, 5.41) is 0. The lowest BCUT2D eigenvalue weighted by Gasteiger charge is -2.15. The molecule has 0 amide bonds. The summed E-state index contributed by atoms with van der Waals surface area (Å²) in [6.07, 6.45) is 4.13. The number of benzene rings is 1. The number of hydrogen-bond donors (Lipinski definition) is 0. The van der Waals surface area contributed by atoms with Crippen LogP contribution in [0.25, 0.3) is 0 Å². The Morgan fingerprint density at radius 2 is 2.05 bits per heavy atom. The molecule has 1 aliphatic heterocycles. The van der Waals surface area contributed by atoms with Crippen molar-refractivity contribution in [2.24, 2.45) is 0 Å². The summed E-state index contributed by atoms with van der Waals surface area (Å²) in [5.74, 6) is 1.61. The van der Waals surface area contributed by atoms with Crippen molar-refractivity contribution in [2.75, 3.05) is 20.8 Å². The Bertz CT molecular complexity index is 572. The number of methoxy groups -OCH3 is 2. The van der Waals surface area contributed by atoms with Crippen LogP contribution in [-0.4, -0.2) is 26.6 Å². The molecule has 1 aliphatic rings. The Labute approximate surface area is 125 Å². The van der Waals surface area contributed by atoms with Crippen LogP contribution in [0.15, 0.2) is 42.2 Å². The first-order chi connectivity index (χ1) is 10.2. The van der Waals surface area contributed by atoms with Crippen LogP contribution in [0, 0.1) is 0 Å². The highest BCUT2D eigenvalue weighted by Crippen LogP contribution is 2.28. The molecular weight excluding hydrogens is 268 g/mol. The van der Waals surface area contributed by atoms with E-state index in [9.17, 15) is 4.79 Å². The van der Waals surface area contributed by atoms with Gasteiger partial charge in [0.2, 0.25) is 5.78 Å². The third-order valence-electron chi connectivity index (χ3n) is 3.35. The van der Waals surface area contributed by atoms with Crippen molar-refractivity contribution in [1.82, 2.24) is 0 Å². The summed E-state index contributed by atoms with van der Waals surface area (Å²) in [6.45, 7) is 4.48. The molecule has 1 aromatic carbocycles. The summed E-state index contributed by atoms with van der Waals surface area (Å²) in [6, 6.07) is 5.58. The van der Waals surface area contributed by atoms with Crippen molar-refractivity contribution in [1.29, 1.82) is 0 Å². The molecule has 0 saturated heterocycles. The third-order valence-corrected chi connectivity index (χ3v) is 3.35. The van der Waals surface area contributed by atoms with Gasteiger partial charge in [-0.15, -0.1) is 0 Å². The van der Waals surface area contributed by atoms with Crippen molar-refractivity contribution in [3.8, 4) is 11.5 Å². The van der Waals surface area contributed by atoms with Gasteiger partial charge in [0.25, 0.3) is 0 Å². The van der Waals surface area contributed by atoms with Gasteiger partial charge in [-0.05, 0) is 36.6 Å². The van der Waals surface area contributed by atoms with Crippen molar-refractivity contribution in [2.45, 2.75) is 19.3 Å². The number of rotatable bonds is 6. The zero-order valence-electron chi connectivity index (χ0n) is 12.5. The zero-order chi connectivity index (χ0) is 15.2. The third kappa shape index (κ3) is 3.66. The molecule has 0 aliphatic carbocycles. The maximum absolute atomic E-state index is 12.2. The summed E-state index contributed by atoms with van der Waals surface area (Å²) >= 11 is 0. The molecule has 4 heteroatoms. The molecule has 0 saturated carbocycles. The minimum atomic E-state index is -0.121. The highest BCUT2D eigenvalue weighted by atomic mass is 16.5. The van der Waals surface area contributed by atoms with Crippen molar-refractivity contribution in [3.63, 3.8) is 0 Å². The smallest absolute Gasteiger partial charge is 0.222 e. The van der Waals surface area contributed by atoms with Crippen LogP contribution in [0.3, 0.4) is 0 Å². The summed E-state index contributed by atoms with van der Waals surface area (Å²) < 4.78 is 15.8. The lowest BCUT2D eigenvalue weighted by molar-refractivity contribution is -0.115. The van der Waals surface area contributed by atoms with Gasteiger partial charge in [-0.25, -0.2) is 0 Å². The molecule has 0 unspecified atom stereocenters. The van der Waals surface area contributed by atoms with Gasteiger partial charge >= 0.3 is 0 Å². The van der Waals surface area contributed by atoms with Crippen LogP contribution < -0.4 is 9.47 Å². The molecule has 0 radical (unpaired) electrons. The second-order valence-corrected chi connectivity index (χ2v) is 4.86. The van der Waals surface area contributed by atoms with E-state index in [0.717, 1.165) is 18.4 Å². The minimum absolute atomic E-state index is 0.121. The van der Waals surface area contributed by atoms with E-state index in [2.05, 4.69) is 6.58 Å². The Morgan fingerprint density at radius 3 is 2.67 bits per heavy atom. The lowest BCUT2D eigenvalue weighted by atomic mass is 10.0. The van der Waals surface area contributed by atoms with Crippen LogP contribution in [-0.2, 0) is 16.0 Å². The van der Waals surface area contributed by atoms with Gasteiger partial charge in [0.1, 0.15) is 0 Å². The number of carbonyl (C=O) groups excluding carboxylic acids is 1. The van der Waals surface area contributed by atoms with Crippen LogP contribution >= 0.6 is 0 Å². The van der Waals surface area contributed by atoms with Gasteiger partial charge in [-0.2, -0.15) is 0 Å². The molecule has 21 heavy (non-hydrogen) atoms. The second-order valence-electron chi connectivity index (χ2n) is 4.86. The van der Waals surface area contributed by atoms with Gasteiger partial charge in [0.15, 0.2) is 17.3 Å². The van der Waals surface area contributed by atoms with Crippen molar-refractivity contribution < 1.29 is 19.0 Å². The maximum atomic E-state index is 12.2. The van der Waals surface area contributed by atoms with E-state index in [0.29, 0.717) is 35.9 Å². The van der Waals surface area contributed by atoms with E-state index in [1.165, 1.54) is 0 Å². The largest absolute Gasteiger partial charge is 0.493 e. The SMILES string of the molecule is C=C(Cc1ccc(OC)c(OC)c1)C(=O)C1=CCCCO1. The van der Waals surface area contributed by atoms with E-state index in [4.69, 9.17) is 14.2 Å². The summed E-state index contributed by atoms with van der Waals surface area (Å²) in [7, 11) is 3.18. The first-order valence-electron chi connectivity index (χ1n) is 6.92. The number of ketones is 1. The number of allylic oxidation sites excluding steroid dienone is 2. The highest BCUT2D eigenvalue weighted by Gasteiger charge is 2.17. The molecule has 112 valence electrons. The fraction of sp³-hybridized carbons (Fsp3) is 0.353. The standard InChI is InChI=1S/C17H20O4/c1-12(17(18)15-6-4-5-9-21-15)10-13-7-8-14(19-2)16(11-13)20-3/h6-8,11H,1,4-5,9-10H2,2-3H3. The Balaban J connectivity index is 2.08. The summed E-state index contributed by atoms with van der Waals surface area (Å²) in [5.41, 5.74) is 1.46. The Morgan fingerprint density at radius 1 is 1.29 bits per heavy atom. The quantitative estimate of drug-likeness (QED) is 0.755. The van der Waals surface area contributed by atoms with E-state index in [-0.39, 0.29) is 5.78 Å². The lowest BCUT2D eigenvalue weighted by Crippen LogP contribution is -2.14. The topological polar surface area (TPSA) is 44.8 Å². The van der Waals surface area contributed by atoms with E-state index >= 15 is 0 Å². The van der Waals surface area contributed by atoms with Gasteiger partial charge in [-0.1, -0.05) is 12.6 Å². The molecule has 2 rings (SSSR count). The van der Waals surface area contributed by atoms with Crippen LogP contribution in [0.2, 0.25) is 0 Å². The van der Waals surface area contributed by atoms with E-state index in [1.54, 1.807) is 14.2 Å². The fourth-order valence-electron chi connectivity index (χ4n) is 2.21. The maximum Gasteiger partial charge on any atom is 0.222 e. The summed E-state index contributed by atoms with van der Waals surface area (Å²) in [4.78, 5) is 12.2. The predicted octanol–water partition coefficient (Wildman–Crippen LogP) is 3.07. The predicted molar refractivity (Wildman–Crippen MR) is 80.7 cm³/mol. The average molecular weight is 288 g/mol. The monoisotopic (exact) mass is 288 g/mol. The Kier molecular flexibility index (Phi) is 5.04. The van der Waals surface area contributed by atoms with Crippen molar-refractivity contribution >= 4 is 5.78 Å². The van der Waals surface area contributed by atoms with Gasteiger partial charge in [0.05, 0.1) is 20.8 Å². The normalized spacial score (nSPS) is 13.9. The molecule has 1 aromatic rings. The van der Waals surface area contributed by atoms with Gasteiger partial charge in [0, 0.05) is 12.0 Å². The zero-order valence-corrected chi connectivity index (χ0v) is 12.5. The first-order valence-corrected chi connectivity index (χ1v) is 6.92. The van der Waals surface area contributed by atoms with Gasteiger partial charge < -0.3 is 14.2 Å². The Hall–Kier alpha value is -2.23. The van der Waals surface area contributed by atoms with Crippen LogP contribution in [0.1, 0.15) is 18.4 Å². The first kappa shape index (κ1) is 15.2. The van der Waals surface area contributed by atoms with Crippen LogP contribution in [0.4, 0.5) is 0 Å². The molecule has 0 bridgehead atoms. The number of ether oxygens (including phenoxy) is 3. The van der Waals surface area contributed by atoms with E-state index in [1.807, 2.05) is 24.3 Å². The average Bonchev–Trinajstić information content (AvgIpc) is 2.54. The minimum Gasteiger partial charge on any atom is -0.493 e. The fourth-order valence-corrected chi connectivity index (χ4v) is 2.21. The number of hydrogen-bond acceptors (Lipinski definition) is 4. The van der Waals surface area contributed by atoms with Crippen molar-refractivity contribution in [3.05, 3.63) is 47.7 Å². The second kappa shape index (κ2) is 6.97. The molecule has 0 N–H and O–H groups in total. The molecule has 0 atom stereocenters. The molecule has 0 spiro atoms. The van der Waals surface area contributed by atoms with E-state index < -0.39 is 0 Å². The van der Waals surface area contributed by atoms with Gasteiger partial charge in [-0.3, -0.25) is 4.79 Å².